The average molecular weight is 364 g/mol. The summed E-state index contributed by atoms with van der Waals surface area (Å²) >= 11 is 0. The number of furan rings is 1. The van der Waals surface area contributed by atoms with E-state index in [0.29, 0.717) is 19.6 Å². The summed E-state index contributed by atoms with van der Waals surface area (Å²) in [4.78, 5) is 16.4. The van der Waals surface area contributed by atoms with E-state index in [-0.39, 0.29) is 5.56 Å². The van der Waals surface area contributed by atoms with Gasteiger partial charge < -0.3 is 19.6 Å². The smallest absolute Gasteiger partial charge is 0.250 e. The number of aliphatic imine (C=N–C) groups is 1. The lowest BCUT2D eigenvalue weighted by molar-refractivity contribution is 0.501. The monoisotopic (exact) mass is 364 g/mol. The van der Waals surface area contributed by atoms with E-state index in [0.717, 1.165) is 29.4 Å². The van der Waals surface area contributed by atoms with Crippen molar-refractivity contribution < 1.29 is 4.42 Å². The number of nitrogens with zero attached hydrogens (tertiary/aromatic N) is 2. The molecule has 0 aliphatic heterocycles. The van der Waals surface area contributed by atoms with Crippen molar-refractivity contribution >= 4 is 5.96 Å². The number of rotatable bonds is 7. The van der Waals surface area contributed by atoms with Crippen LogP contribution in [-0.4, -0.2) is 17.1 Å². The van der Waals surface area contributed by atoms with Crippen molar-refractivity contribution in [2.75, 3.05) is 6.54 Å². The van der Waals surface area contributed by atoms with Gasteiger partial charge in [-0.3, -0.25) is 4.79 Å². The number of guanidine groups is 1. The molecule has 2 N–H and O–H groups in total. The standard InChI is InChI=1S/C21H24N4O2/c1-2-22-21(24-15-19-6-5-13-27-19)23-14-17-8-10-18(11-9-17)16-25-12-4-3-7-20(25)26/h3-13H,2,14-16H2,1H3,(H2,22,23,24). The topological polar surface area (TPSA) is 71.6 Å². The first-order valence-corrected chi connectivity index (χ1v) is 9.02. The van der Waals surface area contributed by atoms with Crippen LogP contribution in [0.5, 0.6) is 0 Å². The molecule has 0 unspecified atom stereocenters. The van der Waals surface area contributed by atoms with E-state index in [1.54, 1.807) is 29.2 Å². The summed E-state index contributed by atoms with van der Waals surface area (Å²) in [5, 5.41) is 6.48. The number of aromatic nitrogens is 1. The minimum atomic E-state index is 0.00379. The Morgan fingerprint density at radius 3 is 2.56 bits per heavy atom. The van der Waals surface area contributed by atoms with E-state index < -0.39 is 0 Å². The molecule has 0 radical (unpaired) electrons. The molecule has 0 saturated carbocycles. The van der Waals surface area contributed by atoms with Crippen LogP contribution in [0.15, 0.2) is 81.3 Å². The van der Waals surface area contributed by atoms with Crippen LogP contribution in [-0.2, 0) is 19.6 Å². The van der Waals surface area contributed by atoms with Gasteiger partial charge in [0.2, 0.25) is 0 Å². The third-order valence-corrected chi connectivity index (χ3v) is 4.05. The first-order valence-electron chi connectivity index (χ1n) is 9.02. The Morgan fingerprint density at radius 2 is 1.85 bits per heavy atom. The zero-order chi connectivity index (χ0) is 18.9. The molecule has 2 aromatic heterocycles. The maximum Gasteiger partial charge on any atom is 0.250 e. The van der Waals surface area contributed by atoms with E-state index in [1.165, 1.54) is 0 Å². The molecule has 1 aromatic carbocycles. The van der Waals surface area contributed by atoms with Crippen LogP contribution < -0.4 is 16.2 Å². The summed E-state index contributed by atoms with van der Waals surface area (Å²) in [5.74, 6) is 1.61. The molecule has 6 nitrogen and oxygen atoms in total. The Bertz CT molecular complexity index is 912. The lowest BCUT2D eigenvalue weighted by Crippen LogP contribution is -2.36. The maximum absolute atomic E-state index is 11.8. The van der Waals surface area contributed by atoms with Crippen LogP contribution in [0.3, 0.4) is 0 Å². The van der Waals surface area contributed by atoms with Gasteiger partial charge in [0.1, 0.15) is 5.76 Å². The first-order chi connectivity index (χ1) is 13.2. The molecule has 3 rings (SSSR count). The summed E-state index contributed by atoms with van der Waals surface area (Å²) in [5.41, 5.74) is 2.19. The van der Waals surface area contributed by atoms with Gasteiger partial charge in [0.05, 0.1) is 25.9 Å². The van der Waals surface area contributed by atoms with Gasteiger partial charge in [0, 0.05) is 18.8 Å². The van der Waals surface area contributed by atoms with Gasteiger partial charge in [-0.05, 0) is 36.2 Å². The van der Waals surface area contributed by atoms with Crippen LogP contribution in [0.1, 0.15) is 23.8 Å². The highest BCUT2D eigenvalue weighted by Gasteiger charge is 2.01. The van der Waals surface area contributed by atoms with Crippen LogP contribution in [0.4, 0.5) is 0 Å². The van der Waals surface area contributed by atoms with Crippen molar-refractivity contribution in [3.8, 4) is 0 Å². The minimum absolute atomic E-state index is 0.00379. The Morgan fingerprint density at radius 1 is 1.04 bits per heavy atom. The highest BCUT2D eigenvalue weighted by Crippen LogP contribution is 2.07. The van der Waals surface area contributed by atoms with Crippen LogP contribution in [0.25, 0.3) is 0 Å². The summed E-state index contributed by atoms with van der Waals surface area (Å²) < 4.78 is 7.02. The molecule has 0 bridgehead atoms. The van der Waals surface area contributed by atoms with E-state index in [2.05, 4.69) is 15.6 Å². The van der Waals surface area contributed by atoms with Gasteiger partial charge in [-0.1, -0.05) is 30.3 Å². The number of nitrogens with one attached hydrogen (secondary N) is 2. The Kier molecular flexibility index (Phi) is 6.46. The zero-order valence-electron chi connectivity index (χ0n) is 15.4. The Balaban J connectivity index is 1.59. The molecule has 0 aliphatic carbocycles. The van der Waals surface area contributed by atoms with Crippen molar-refractivity contribution in [1.29, 1.82) is 0 Å². The van der Waals surface area contributed by atoms with Crippen molar-refractivity contribution in [1.82, 2.24) is 15.2 Å². The molecule has 3 aromatic rings. The van der Waals surface area contributed by atoms with Gasteiger partial charge >= 0.3 is 0 Å². The fourth-order valence-corrected chi connectivity index (χ4v) is 2.63. The van der Waals surface area contributed by atoms with Gasteiger partial charge in [-0.15, -0.1) is 0 Å². The number of hydrogen-bond acceptors (Lipinski definition) is 3. The fraction of sp³-hybridized carbons (Fsp3) is 0.238. The molecule has 27 heavy (non-hydrogen) atoms. The lowest BCUT2D eigenvalue weighted by Gasteiger charge is -2.10. The van der Waals surface area contributed by atoms with E-state index in [1.807, 2.05) is 49.4 Å². The summed E-state index contributed by atoms with van der Waals surface area (Å²) in [6, 6.07) is 17.1. The number of pyridine rings is 1. The van der Waals surface area contributed by atoms with Crippen LogP contribution >= 0.6 is 0 Å². The Hall–Kier alpha value is -3.28. The highest BCUT2D eigenvalue weighted by molar-refractivity contribution is 5.79. The molecular formula is C21H24N4O2. The van der Waals surface area contributed by atoms with Gasteiger partial charge in [-0.25, -0.2) is 4.99 Å². The quantitative estimate of drug-likeness (QED) is 0.499. The predicted octanol–water partition coefficient (Wildman–Crippen LogP) is 2.74. The molecular weight excluding hydrogens is 340 g/mol. The Labute approximate surface area is 158 Å². The van der Waals surface area contributed by atoms with E-state index in [4.69, 9.17) is 4.42 Å². The van der Waals surface area contributed by atoms with E-state index >= 15 is 0 Å². The molecule has 6 heteroatoms. The minimum Gasteiger partial charge on any atom is -0.467 e. The molecule has 0 saturated heterocycles. The maximum atomic E-state index is 11.8. The second kappa shape index (κ2) is 9.43. The number of benzene rings is 1. The molecule has 0 aliphatic rings. The van der Waals surface area contributed by atoms with Crippen molar-refractivity contribution in [3.05, 3.63) is 94.3 Å². The second-order valence-electron chi connectivity index (χ2n) is 6.11. The third kappa shape index (κ3) is 5.60. The second-order valence-corrected chi connectivity index (χ2v) is 6.11. The highest BCUT2D eigenvalue weighted by atomic mass is 16.3. The van der Waals surface area contributed by atoms with Crippen molar-refractivity contribution in [3.63, 3.8) is 0 Å². The lowest BCUT2D eigenvalue weighted by atomic mass is 10.1. The summed E-state index contributed by atoms with van der Waals surface area (Å²) in [6.45, 7) is 4.54. The zero-order valence-corrected chi connectivity index (χ0v) is 15.4. The van der Waals surface area contributed by atoms with E-state index in [9.17, 15) is 4.79 Å². The van der Waals surface area contributed by atoms with Crippen molar-refractivity contribution in [2.24, 2.45) is 4.99 Å². The molecule has 0 amide bonds. The fourth-order valence-electron chi connectivity index (χ4n) is 2.63. The molecule has 0 spiro atoms. The molecule has 2 heterocycles. The number of hydrogen-bond donors (Lipinski definition) is 2. The predicted molar refractivity (Wildman–Crippen MR) is 107 cm³/mol. The van der Waals surface area contributed by atoms with Crippen LogP contribution in [0.2, 0.25) is 0 Å². The van der Waals surface area contributed by atoms with Gasteiger partial charge in [0.25, 0.3) is 5.56 Å². The molecule has 0 fully saturated rings. The largest absolute Gasteiger partial charge is 0.467 e. The van der Waals surface area contributed by atoms with Crippen molar-refractivity contribution in [2.45, 2.75) is 26.6 Å². The molecule has 0 atom stereocenters. The average Bonchev–Trinajstić information content (AvgIpc) is 3.21. The molecule has 140 valence electrons. The summed E-state index contributed by atoms with van der Waals surface area (Å²) in [6.07, 6.45) is 3.46. The third-order valence-electron chi connectivity index (χ3n) is 4.05. The van der Waals surface area contributed by atoms with Crippen LogP contribution in [0, 0.1) is 0 Å². The van der Waals surface area contributed by atoms with Gasteiger partial charge in [0.15, 0.2) is 5.96 Å². The first kappa shape index (κ1) is 18.5. The summed E-state index contributed by atoms with van der Waals surface area (Å²) in [7, 11) is 0. The van der Waals surface area contributed by atoms with Gasteiger partial charge in [-0.2, -0.15) is 0 Å². The SMILES string of the molecule is CCNC(=NCc1ccc(Cn2ccccc2=O)cc1)NCc1ccco1. The normalized spacial score (nSPS) is 11.4.